The van der Waals surface area contributed by atoms with Gasteiger partial charge in [0.05, 0.1) is 24.7 Å². The van der Waals surface area contributed by atoms with E-state index < -0.39 is 0 Å². The first-order chi connectivity index (χ1) is 17.0. The number of hydrogen-bond acceptors (Lipinski definition) is 5. The number of anilines is 1. The van der Waals surface area contributed by atoms with Crippen molar-refractivity contribution < 1.29 is 9.53 Å². The van der Waals surface area contributed by atoms with E-state index in [1.54, 1.807) is 7.11 Å². The van der Waals surface area contributed by atoms with Crippen LogP contribution in [0, 0.1) is 0 Å². The van der Waals surface area contributed by atoms with E-state index in [0.29, 0.717) is 52.6 Å². The van der Waals surface area contributed by atoms with Crippen molar-refractivity contribution in [3.8, 4) is 5.75 Å². The molecule has 0 unspecified atom stereocenters. The van der Waals surface area contributed by atoms with Crippen molar-refractivity contribution in [2.75, 3.05) is 19.4 Å². The second kappa shape index (κ2) is 9.64. The lowest BCUT2D eigenvalue weighted by Crippen LogP contribution is -2.26. The number of carbonyl (C=O) groups is 1. The van der Waals surface area contributed by atoms with Crippen LogP contribution in [0.15, 0.2) is 72.8 Å². The van der Waals surface area contributed by atoms with Crippen molar-refractivity contribution in [3.05, 3.63) is 94.5 Å². The summed E-state index contributed by atoms with van der Waals surface area (Å²) in [4.78, 5) is 22.9. The Morgan fingerprint density at radius 2 is 1.69 bits per heavy atom. The molecule has 2 heterocycles. The van der Waals surface area contributed by atoms with Crippen molar-refractivity contribution in [2.24, 2.45) is 0 Å². The maximum absolute atomic E-state index is 13.3. The van der Waals surface area contributed by atoms with Crippen molar-refractivity contribution in [1.82, 2.24) is 19.9 Å². The minimum atomic E-state index is -0.290. The summed E-state index contributed by atoms with van der Waals surface area (Å²) in [6.07, 6.45) is 0.619. The molecule has 0 saturated heterocycles. The maximum atomic E-state index is 13.3. The molecule has 7 nitrogen and oxygen atoms in total. The number of benzene rings is 3. The van der Waals surface area contributed by atoms with Gasteiger partial charge in [-0.1, -0.05) is 54.1 Å². The van der Waals surface area contributed by atoms with Gasteiger partial charge in [0.1, 0.15) is 22.6 Å². The van der Waals surface area contributed by atoms with Gasteiger partial charge in [-0.25, -0.2) is 9.97 Å². The highest BCUT2D eigenvalue weighted by Crippen LogP contribution is 2.29. The van der Waals surface area contributed by atoms with Crippen LogP contribution in [0.5, 0.6) is 5.75 Å². The third-order valence-electron chi connectivity index (χ3n) is 5.94. The second-order valence-corrected chi connectivity index (χ2v) is 8.61. The van der Waals surface area contributed by atoms with Crippen LogP contribution in [0.3, 0.4) is 0 Å². The normalized spacial score (nSPS) is 11.1. The topological polar surface area (TPSA) is 95.1 Å². The van der Waals surface area contributed by atoms with E-state index in [-0.39, 0.29) is 5.91 Å². The first kappa shape index (κ1) is 22.7. The number of nitrogen functional groups attached to an aromatic ring is 1. The molecule has 5 aromatic rings. The fourth-order valence-corrected chi connectivity index (χ4v) is 4.31. The molecule has 1 amide bonds. The number of hydrogen-bond donors (Lipinski definition) is 2. The van der Waals surface area contributed by atoms with Crippen molar-refractivity contribution in [1.29, 1.82) is 0 Å². The molecule has 0 radical (unpaired) electrons. The van der Waals surface area contributed by atoms with Gasteiger partial charge >= 0.3 is 0 Å². The number of amides is 1. The summed E-state index contributed by atoms with van der Waals surface area (Å²) >= 11 is 6.05. The second-order valence-electron chi connectivity index (χ2n) is 8.18. The number of nitrogens with two attached hydrogens (primary N) is 1. The number of fused-ring (bicyclic) bond motifs is 2. The molecule has 5 rings (SSSR count). The molecular weight excluding hydrogens is 462 g/mol. The average molecular weight is 486 g/mol. The lowest BCUT2D eigenvalue weighted by molar-refractivity contribution is 0.0956. The van der Waals surface area contributed by atoms with Gasteiger partial charge in [0.25, 0.3) is 5.91 Å². The van der Waals surface area contributed by atoms with Crippen LogP contribution in [-0.2, 0) is 13.0 Å². The van der Waals surface area contributed by atoms with Crippen LogP contribution in [0.1, 0.15) is 21.5 Å². The smallest absolute Gasteiger partial charge is 0.257 e. The van der Waals surface area contributed by atoms with Gasteiger partial charge in [-0.3, -0.25) is 4.79 Å². The summed E-state index contributed by atoms with van der Waals surface area (Å²) in [5, 5.41) is 3.64. The zero-order valence-electron chi connectivity index (χ0n) is 19.2. The number of methoxy groups -OCH3 is 1. The third-order valence-corrected chi connectivity index (χ3v) is 6.20. The summed E-state index contributed by atoms with van der Waals surface area (Å²) in [6, 6.07) is 22.8. The molecule has 0 fully saturated rings. The molecule has 0 atom stereocenters. The number of para-hydroxylation sites is 3. The summed E-state index contributed by atoms with van der Waals surface area (Å²) in [5.41, 5.74) is 11.4. The molecule has 0 bridgehead atoms. The molecule has 0 aliphatic heterocycles. The minimum Gasteiger partial charge on any atom is -0.496 e. The monoisotopic (exact) mass is 485 g/mol. The van der Waals surface area contributed by atoms with Crippen LogP contribution in [0.4, 0.5) is 5.82 Å². The van der Waals surface area contributed by atoms with Crippen molar-refractivity contribution >= 4 is 45.5 Å². The molecule has 0 aliphatic rings. The Labute approximate surface area is 207 Å². The predicted molar refractivity (Wildman–Crippen MR) is 139 cm³/mol. The predicted octanol–water partition coefficient (Wildman–Crippen LogP) is 4.85. The van der Waals surface area contributed by atoms with E-state index in [1.807, 2.05) is 77.4 Å². The average Bonchev–Trinajstić information content (AvgIpc) is 3.14. The van der Waals surface area contributed by atoms with Crippen LogP contribution in [-0.4, -0.2) is 34.1 Å². The maximum Gasteiger partial charge on any atom is 0.257 e. The van der Waals surface area contributed by atoms with Gasteiger partial charge < -0.3 is 20.4 Å². The van der Waals surface area contributed by atoms with E-state index in [0.717, 1.165) is 22.4 Å². The highest BCUT2D eigenvalue weighted by molar-refractivity contribution is 6.30. The molecule has 0 spiro atoms. The third kappa shape index (κ3) is 4.50. The van der Waals surface area contributed by atoms with E-state index in [9.17, 15) is 4.79 Å². The van der Waals surface area contributed by atoms with Crippen molar-refractivity contribution in [3.63, 3.8) is 0 Å². The van der Waals surface area contributed by atoms with Crippen LogP contribution in [0.25, 0.3) is 22.2 Å². The molecule has 3 N–H and O–H groups in total. The largest absolute Gasteiger partial charge is 0.496 e. The summed E-state index contributed by atoms with van der Waals surface area (Å²) in [6.45, 7) is 0.852. The summed E-state index contributed by atoms with van der Waals surface area (Å²) in [7, 11) is 1.64. The van der Waals surface area contributed by atoms with E-state index >= 15 is 0 Å². The van der Waals surface area contributed by atoms with Crippen LogP contribution >= 0.6 is 11.6 Å². The van der Waals surface area contributed by atoms with Gasteiger partial charge in [0, 0.05) is 11.6 Å². The van der Waals surface area contributed by atoms with E-state index in [4.69, 9.17) is 32.0 Å². The Bertz CT molecular complexity index is 1530. The molecule has 3 aromatic carbocycles. The molecule has 8 heteroatoms. The SMILES string of the molecule is COc1ccccc1CCNC(=O)c1c(N)n(Cc2ccc(Cl)cc2)c2nc3ccccc3nc12. The minimum absolute atomic E-state index is 0.290. The molecule has 2 aromatic heterocycles. The summed E-state index contributed by atoms with van der Waals surface area (Å²) in [5.74, 6) is 0.819. The van der Waals surface area contributed by atoms with Crippen LogP contribution < -0.4 is 15.8 Å². The summed E-state index contributed by atoms with van der Waals surface area (Å²) < 4.78 is 7.24. The number of ether oxygens (including phenoxy) is 1. The lowest BCUT2D eigenvalue weighted by atomic mass is 10.1. The molecule has 0 aliphatic carbocycles. The highest BCUT2D eigenvalue weighted by Gasteiger charge is 2.24. The molecule has 176 valence electrons. The van der Waals surface area contributed by atoms with E-state index in [1.165, 1.54) is 0 Å². The Morgan fingerprint density at radius 1 is 1.00 bits per heavy atom. The number of aromatic nitrogens is 3. The number of halogens is 1. The number of nitrogens with one attached hydrogen (secondary N) is 1. The first-order valence-corrected chi connectivity index (χ1v) is 11.6. The van der Waals surface area contributed by atoms with Crippen LogP contribution in [0.2, 0.25) is 5.02 Å². The standard InChI is InChI=1S/C27H24ClN5O2/c1-35-22-9-5-2-6-18(22)14-15-30-27(34)23-24-26(32-21-8-4-3-7-20(21)31-24)33(25(23)29)16-17-10-12-19(28)13-11-17/h2-13H,14-16,29H2,1H3,(H,30,34). The Kier molecular flexibility index (Phi) is 6.25. The first-order valence-electron chi connectivity index (χ1n) is 11.2. The van der Waals surface area contributed by atoms with E-state index in [2.05, 4.69) is 5.32 Å². The van der Waals surface area contributed by atoms with Gasteiger partial charge in [-0.15, -0.1) is 0 Å². The van der Waals surface area contributed by atoms with Gasteiger partial charge in [0.2, 0.25) is 0 Å². The molecule has 0 saturated carbocycles. The Morgan fingerprint density at radius 3 is 2.43 bits per heavy atom. The number of nitrogens with zero attached hydrogens (tertiary/aromatic N) is 3. The van der Waals surface area contributed by atoms with Gasteiger partial charge in [-0.05, 0) is 47.9 Å². The quantitative estimate of drug-likeness (QED) is 0.343. The molecular formula is C27H24ClN5O2. The fourth-order valence-electron chi connectivity index (χ4n) is 4.18. The number of rotatable bonds is 7. The lowest BCUT2D eigenvalue weighted by Gasteiger charge is -2.10. The van der Waals surface area contributed by atoms with Crippen molar-refractivity contribution in [2.45, 2.75) is 13.0 Å². The Hall–Kier alpha value is -4.10. The zero-order chi connectivity index (χ0) is 24.4. The number of carbonyl (C=O) groups excluding carboxylic acids is 1. The highest BCUT2D eigenvalue weighted by atomic mass is 35.5. The molecule has 35 heavy (non-hydrogen) atoms. The van der Waals surface area contributed by atoms with Gasteiger partial charge in [0.15, 0.2) is 5.65 Å². The Balaban J connectivity index is 1.51. The zero-order valence-corrected chi connectivity index (χ0v) is 19.9. The van der Waals surface area contributed by atoms with Gasteiger partial charge in [-0.2, -0.15) is 0 Å². The fraction of sp³-hybridized carbons (Fsp3) is 0.148.